The fourth-order valence-electron chi connectivity index (χ4n) is 0.847. The Labute approximate surface area is 86.6 Å². The van der Waals surface area contributed by atoms with Gasteiger partial charge >= 0.3 is 6.18 Å². The summed E-state index contributed by atoms with van der Waals surface area (Å²) in [4.78, 5) is 12.3. The van der Waals surface area contributed by atoms with E-state index in [9.17, 15) is 18.0 Å². The number of terminal acetylenes is 1. The molecule has 1 N–H and O–H groups in total. The fraction of sp³-hybridized carbons (Fsp3) is 0.667. The lowest BCUT2D eigenvalue weighted by molar-refractivity contribution is -0.139. The maximum absolute atomic E-state index is 11.8. The van der Waals surface area contributed by atoms with E-state index in [2.05, 4.69) is 11.2 Å². The summed E-state index contributed by atoms with van der Waals surface area (Å²) in [6.07, 6.45) is -0.219. The first-order valence-electron chi connectivity index (χ1n) is 4.30. The highest BCUT2D eigenvalue weighted by Crippen LogP contribution is 2.19. The molecule has 0 heterocycles. The van der Waals surface area contributed by atoms with Crippen molar-refractivity contribution in [1.29, 1.82) is 0 Å². The minimum atomic E-state index is -4.19. The van der Waals surface area contributed by atoms with Gasteiger partial charge in [0.1, 0.15) is 0 Å². The monoisotopic (exact) mass is 222 g/mol. The molecule has 0 unspecified atom stereocenters. The third kappa shape index (κ3) is 9.09. The summed E-state index contributed by atoms with van der Waals surface area (Å²) in [5.74, 6) is 1.82. The second kappa shape index (κ2) is 6.30. The SMILES string of the molecule is C#CCNC(=O)CN(C)CCC(F)(F)F. The molecule has 0 fully saturated rings. The largest absolute Gasteiger partial charge is 0.390 e. The molecule has 0 aromatic carbocycles. The molecule has 6 heteroatoms. The van der Waals surface area contributed by atoms with Crippen molar-refractivity contribution < 1.29 is 18.0 Å². The van der Waals surface area contributed by atoms with Crippen LogP contribution < -0.4 is 5.32 Å². The Morgan fingerprint density at radius 2 is 2.13 bits per heavy atom. The van der Waals surface area contributed by atoms with Gasteiger partial charge in [-0.15, -0.1) is 6.42 Å². The summed E-state index contributed by atoms with van der Waals surface area (Å²) >= 11 is 0. The normalized spacial score (nSPS) is 11.2. The Hall–Kier alpha value is -1.22. The quantitative estimate of drug-likeness (QED) is 0.692. The van der Waals surface area contributed by atoms with Crippen molar-refractivity contribution in [3.63, 3.8) is 0 Å². The van der Waals surface area contributed by atoms with E-state index in [4.69, 9.17) is 6.42 Å². The molecule has 0 saturated heterocycles. The second-order valence-electron chi connectivity index (χ2n) is 3.08. The zero-order valence-electron chi connectivity index (χ0n) is 8.40. The lowest BCUT2D eigenvalue weighted by Crippen LogP contribution is -2.36. The number of carbonyl (C=O) groups excluding carboxylic acids is 1. The third-order valence-electron chi connectivity index (χ3n) is 1.58. The molecule has 0 aliphatic heterocycles. The molecule has 0 aliphatic rings. The molecule has 0 aliphatic carbocycles. The number of likely N-dealkylation sites (N-methyl/N-ethyl adjacent to an activating group) is 1. The molecule has 0 radical (unpaired) electrons. The van der Waals surface area contributed by atoms with E-state index in [1.54, 1.807) is 0 Å². The molecule has 1 amide bonds. The van der Waals surface area contributed by atoms with Crippen molar-refractivity contribution in [3.05, 3.63) is 0 Å². The summed E-state index contributed by atoms with van der Waals surface area (Å²) in [5.41, 5.74) is 0. The number of nitrogens with zero attached hydrogens (tertiary/aromatic N) is 1. The number of hydrogen-bond donors (Lipinski definition) is 1. The summed E-state index contributed by atoms with van der Waals surface area (Å²) < 4.78 is 35.4. The van der Waals surface area contributed by atoms with Gasteiger partial charge in [0.05, 0.1) is 19.5 Å². The van der Waals surface area contributed by atoms with Crippen molar-refractivity contribution in [1.82, 2.24) is 10.2 Å². The van der Waals surface area contributed by atoms with Crippen LogP contribution in [0, 0.1) is 12.3 Å². The van der Waals surface area contributed by atoms with Crippen molar-refractivity contribution in [2.45, 2.75) is 12.6 Å². The van der Waals surface area contributed by atoms with Crippen LogP contribution in [0.5, 0.6) is 0 Å². The molecule has 0 aromatic heterocycles. The molecule has 86 valence electrons. The predicted octanol–water partition coefficient (Wildman–Crippen LogP) is 0.620. The molecule has 0 saturated carbocycles. The highest BCUT2D eigenvalue weighted by molar-refractivity contribution is 5.78. The number of amides is 1. The van der Waals surface area contributed by atoms with Crippen LogP contribution in [0.1, 0.15) is 6.42 Å². The molecule has 0 atom stereocenters. The van der Waals surface area contributed by atoms with Crippen molar-refractivity contribution in [2.24, 2.45) is 0 Å². The van der Waals surface area contributed by atoms with E-state index in [-0.39, 0.29) is 25.5 Å². The van der Waals surface area contributed by atoms with Crippen LogP contribution in [0.25, 0.3) is 0 Å². The number of nitrogens with one attached hydrogen (secondary N) is 1. The van der Waals surface area contributed by atoms with E-state index in [0.29, 0.717) is 0 Å². The van der Waals surface area contributed by atoms with Gasteiger partial charge in [-0.25, -0.2) is 0 Å². The Morgan fingerprint density at radius 1 is 1.53 bits per heavy atom. The Bertz CT molecular complexity index is 245. The van der Waals surface area contributed by atoms with Crippen LogP contribution in [-0.2, 0) is 4.79 Å². The van der Waals surface area contributed by atoms with E-state index in [0.717, 1.165) is 0 Å². The summed E-state index contributed by atoms with van der Waals surface area (Å²) in [7, 11) is 1.45. The van der Waals surface area contributed by atoms with Crippen LogP contribution in [0.2, 0.25) is 0 Å². The lowest BCUT2D eigenvalue weighted by Gasteiger charge is -2.16. The van der Waals surface area contributed by atoms with Crippen LogP contribution in [0.3, 0.4) is 0 Å². The van der Waals surface area contributed by atoms with Gasteiger partial charge in [0.15, 0.2) is 0 Å². The molecular weight excluding hydrogens is 209 g/mol. The van der Waals surface area contributed by atoms with Gasteiger partial charge in [-0.05, 0) is 7.05 Å². The lowest BCUT2D eigenvalue weighted by atomic mass is 10.4. The molecule has 3 nitrogen and oxygen atoms in total. The first kappa shape index (κ1) is 13.8. The van der Waals surface area contributed by atoms with Gasteiger partial charge in [0.2, 0.25) is 5.91 Å². The maximum Gasteiger partial charge on any atom is 0.390 e. The number of halogens is 3. The average molecular weight is 222 g/mol. The van der Waals surface area contributed by atoms with Crippen molar-refractivity contribution in [3.8, 4) is 12.3 Å². The zero-order chi connectivity index (χ0) is 11.9. The van der Waals surface area contributed by atoms with Crippen LogP contribution in [0.15, 0.2) is 0 Å². The number of alkyl halides is 3. The molecular formula is C9H13F3N2O. The molecule has 0 spiro atoms. The van der Waals surface area contributed by atoms with E-state index in [1.807, 2.05) is 0 Å². The maximum atomic E-state index is 11.8. The molecule has 15 heavy (non-hydrogen) atoms. The van der Waals surface area contributed by atoms with Gasteiger partial charge in [0, 0.05) is 6.54 Å². The van der Waals surface area contributed by atoms with Gasteiger partial charge in [-0.2, -0.15) is 13.2 Å². The van der Waals surface area contributed by atoms with Crippen molar-refractivity contribution in [2.75, 3.05) is 26.7 Å². The van der Waals surface area contributed by atoms with Gasteiger partial charge in [-0.1, -0.05) is 5.92 Å². The highest BCUT2D eigenvalue weighted by Gasteiger charge is 2.27. The molecule has 0 aromatic rings. The fourth-order valence-corrected chi connectivity index (χ4v) is 0.847. The minimum absolute atomic E-state index is 0.0856. The smallest absolute Gasteiger partial charge is 0.344 e. The summed E-state index contributed by atoms with van der Waals surface area (Å²) in [6, 6.07) is 0. The standard InChI is InChI=1S/C9H13F3N2O/c1-3-5-13-8(15)7-14(2)6-4-9(10,11)12/h1H,4-7H2,2H3,(H,13,15). The first-order valence-corrected chi connectivity index (χ1v) is 4.30. The molecule has 0 bridgehead atoms. The zero-order valence-corrected chi connectivity index (χ0v) is 8.40. The Balaban J connectivity index is 3.70. The predicted molar refractivity (Wildman–Crippen MR) is 50.0 cm³/mol. The van der Waals surface area contributed by atoms with Crippen LogP contribution in [0.4, 0.5) is 13.2 Å². The average Bonchev–Trinajstić information content (AvgIpc) is 2.10. The van der Waals surface area contributed by atoms with Gasteiger partial charge in [0.25, 0.3) is 0 Å². The van der Waals surface area contributed by atoms with E-state index < -0.39 is 12.6 Å². The number of hydrogen-bond acceptors (Lipinski definition) is 2. The summed E-state index contributed by atoms with van der Waals surface area (Å²) in [5, 5.41) is 2.36. The minimum Gasteiger partial charge on any atom is -0.344 e. The van der Waals surface area contributed by atoms with Crippen molar-refractivity contribution >= 4 is 5.91 Å². The second-order valence-corrected chi connectivity index (χ2v) is 3.08. The van der Waals surface area contributed by atoms with Crippen LogP contribution in [-0.4, -0.2) is 43.7 Å². The number of carbonyl (C=O) groups is 1. The Morgan fingerprint density at radius 3 is 2.60 bits per heavy atom. The van der Waals surface area contributed by atoms with E-state index in [1.165, 1.54) is 11.9 Å². The summed E-state index contributed by atoms with van der Waals surface area (Å²) in [6.45, 7) is -0.198. The van der Waals surface area contributed by atoms with Gasteiger partial charge in [-0.3, -0.25) is 9.69 Å². The Kier molecular flexibility index (Phi) is 5.79. The highest BCUT2D eigenvalue weighted by atomic mass is 19.4. The van der Waals surface area contributed by atoms with E-state index >= 15 is 0 Å². The number of rotatable bonds is 5. The molecule has 0 rings (SSSR count). The van der Waals surface area contributed by atoms with Gasteiger partial charge < -0.3 is 5.32 Å². The third-order valence-corrected chi connectivity index (χ3v) is 1.58. The topological polar surface area (TPSA) is 32.3 Å². The van der Waals surface area contributed by atoms with Crippen LogP contribution >= 0.6 is 0 Å². The first-order chi connectivity index (χ1) is 6.85.